The first kappa shape index (κ1) is 16.7. The number of amides is 1. The highest BCUT2D eigenvalue weighted by Crippen LogP contribution is 2.15. The predicted octanol–water partition coefficient (Wildman–Crippen LogP) is 2.75. The van der Waals surface area contributed by atoms with E-state index in [-0.39, 0.29) is 18.3 Å². The Morgan fingerprint density at radius 3 is 3.00 bits per heavy atom. The zero-order chi connectivity index (χ0) is 13.0. The fraction of sp³-hybridized carbons (Fsp3) is 0.500. The molecule has 1 aromatic carbocycles. The van der Waals surface area contributed by atoms with E-state index < -0.39 is 0 Å². The van der Waals surface area contributed by atoms with Gasteiger partial charge in [-0.25, -0.2) is 0 Å². The number of rotatable bonds is 4. The van der Waals surface area contributed by atoms with E-state index >= 15 is 0 Å². The maximum absolute atomic E-state index is 12.1. The van der Waals surface area contributed by atoms with Gasteiger partial charge in [-0.15, -0.1) is 12.4 Å². The second-order valence-electron chi connectivity index (χ2n) is 4.89. The summed E-state index contributed by atoms with van der Waals surface area (Å²) in [5.41, 5.74) is 1.92. The van der Waals surface area contributed by atoms with Crippen LogP contribution in [0.1, 0.15) is 28.8 Å². The Balaban J connectivity index is 0.00000180. The molecule has 1 heterocycles. The molecule has 19 heavy (non-hydrogen) atoms. The number of nitrogens with one attached hydrogen (secondary N) is 2. The van der Waals surface area contributed by atoms with Gasteiger partial charge in [-0.3, -0.25) is 4.79 Å². The van der Waals surface area contributed by atoms with Crippen LogP contribution in [0.4, 0.5) is 0 Å². The summed E-state index contributed by atoms with van der Waals surface area (Å²) >= 11 is 2.21. The van der Waals surface area contributed by atoms with Crippen molar-refractivity contribution in [2.45, 2.75) is 19.8 Å². The van der Waals surface area contributed by atoms with Crippen LogP contribution in [0.25, 0.3) is 0 Å². The number of aryl methyl sites for hydroxylation is 1. The fourth-order valence-electron chi connectivity index (χ4n) is 2.26. The van der Waals surface area contributed by atoms with Gasteiger partial charge in [-0.1, -0.05) is 11.6 Å². The van der Waals surface area contributed by atoms with Gasteiger partial charge in [-0.2, -0.15) is 0 Å². The van der Waals surface area contributed by atoms with Crippen molar-refractivity contribution >= 4 is 40.9 Å². The van der Waals surface area contributed by atoms with Crippen molar-refractivity contribution in [1.29, 1.82) is 0 Å². The van der Waals surface area contributed by atoms with Crippen molar-refractivity contribution in [2.24, 2.45) is 5.92 Å². The van der Waals surface area contributed by atoms with Crippen molar-refractivity contribution in [3.8, 4) is 0 Å². The van der Waals surface area contributed by atoms with Crippen LogP contribution in [0.3, 0.4) is 0 Å². The monoisotopic (exact) mass is 394 g/mol. The van der Waals surface area contributed by atoms with Crippen molar-refractivity contribution in [3.63, 3.8) is 0 Å². The molecule has 1 saturated heterocycles. The van der Waals surface area contributed by atoms with Gasteiger partial charge < -0.3 is 10.6 Å². The molecule has 1 fully saturated rings. The van der Waals surface area contributed by atoms with Crippen LogP contribution in [0.2, 0.25) is 0 Å². The largest absolute Gasteiger partial charge is 0.352 e. The molecular formula is C14H20ClIN2O. The molecule has 106 valence electrons. The van der Waals surface area contributed by atoms with Gasteiger partial charge in [0.25, 0.3) is 5.91 Å². The van der Waals surface area contributed by atoms with E-state index in [0.717, 1.165) is 46.7 Å². The third kappa shape index (κ3) is 4.93. The van der Waals surface area contributed by atoms with E-state index in [1.165, 1.54) is 6.42 Å². The molecule has 0 aliphatic carbocycles. The van der Waals surface area contributed by atoms with Crippen LogP contribution >= 0.6 is 35.0 Å². The molecule has 0 saturated carbocycles. The lowest BCUT2D eigenvalue weighted by Crippen LogP contribution is -2.27. The van der Waals surface area contributed by atoms with E-state index in [0.29, 0.717) is 0 Å². The normalized spacial score (nSPS) is 17.9. The average molecular weight is 395 g/mol. The highest BCUT2D eigenvalue weighted by Gasteiger charge is 2.15. The molecule has 0 bridgehead atoms. The molecule has 0 aromatic heterocycles. The average Bonchev–Trinajstić information content (AvgIpc) is 2.85. The van der Waals surface area contributed by atoms with Gasteiger partial charge >= 0.3 is 0 Å². The van der Waals surface area contributed by atoms with Crippen molar-refractivity contribution < 1.29 is 4.79 Å². The first-order chi connectivity index (χ1) is 8.66. The second-order valence-corrected chi connectivity index (χ2v) is 6.05. The molecule has 0 radical (unpaired) electrons. The smallest absolute Gasteiger partial charge is 0.252 e. The Morgan fingerprint density at radius 2 is 2.32 bits per heavy atom. The zero-order valence-electron chi connectivity index (χ0n) is 11.0. The summed E-state index contributed by atoms with van der Waals surface area (Å²) in [6.45, 7) is 5.00. The fourth-order valence-corrected chi connectivity index (χ4v) is 2.84. The molecule has 3 nitrogen and oxygen atoms in total. The van der Waals surface area contributed by atoms with Crippen LogP contribution in [0, 0.1) is 16.4 Å². The Labute approximate surface area is 134 Å². The van der Waals surface area contributed by atoms with Crippen LogP contribution in [-0.2, 0) is 0 Å². The Morgan fingerprint density at radius 1 is 1.53 bits per heavy atom. The predicted molar refractivity (Wildman–Crippen MR) is 89.1 cm³/mol. The van der Waals surface area contributed by atoms with Crippen LogP contribution in [0.15, 0.2) is 18.2 Å². The summed E-state index contributed by atoms with van der Waals surface area (Å²) in [4.78, 5) is 12.1. The van der Waals surface area contributed by atoms with Gasteiger partial charge in [-0.05, 0) is 73.5 Å². The zero-order valence-corrected chi connectivity index (χ0v) is 14.0. The number of benzene rings is 1. The Bertz CT molecular complexity index is 433. The molecule has 1 aliphatic rings. The summed E-state index contributed by atoms with van der Waals surface area (Å²) in [6, 6.07) is 5.97. The second kappa shape index (κ2) is 8.07. The maximum Gasteiger partial charge on any atom is 0.252 e. The number of halogens is 2. The van der Waals surface area contributed by atoms with Crippen LogP contribution < -0.4 is 10.6 Å². The molecule has 0 spiro atoms. The quantitative estimate of drug-likeness (QED) is 0.771. The first-order valence-electron chi connectivity index (χ1n) is 6.42. The molecule has 1 unspecified atom stereocenters. The number of hydrogen-bond donors (Lipinski definition) is 2. The number of carbonyl (C=O) groups excluding carboxylic acids is 1. The first-order valence-corrected chi connectivity index (χ1v) is 7.50. The minimum absolute atomic E-state index is 0. The van der Waals surface area contributed by atoms with Gasteiger partial charge in [0.1, 0.15) is 0 Å². The summed E-state index contributed by atoms with van der Waals surface area (Å²) in [5, 5.41) is 6.37. The van der Waals surface area contributed by atoms with E-state index in [2.05, 4.69) is 33.2 Å². The van der Waals surface area contributed by atoms with Crippen molar-refractivity contribution in [2.75, 3.05) is 19.6 Å². The Hall–Kier alpha value is -0.330. The molecule has 2 rings (SSSR count). The van der Waals surface area contributed by atoms with Crippen molar-refractivity contribution in [1.82, 2.24) is 10.6 Å². The molecular weight excluding hydrogens is 375 g/mol. The summed E-state index contributed by atoms with van der Waals surface area (Å²) < 4.78 is 1.01. The SMILES string of the molecule is Cc1ccc(I)c(C(=O)NCCC2CCNC2)c1.Cl. The molecule has 1 aromatic rings. The van der Waals surface area contributed by atoms with E-state index in [1.54, 1.807) is 0 Å². The Kier molecular flexibility index (Phi) is 7.10. The van der Waals surface area contributed by atoms with E-state index in [4.69, 9.17) is 0 Å². The molecule has 1 atom stereocenters. The topological polar surface area (TPSA) is 41.1 Å². The standard InChI is InChI=1S/C14H19IN2O.ClH/c1-10-2-3-13(15)12(8-10)14(18)17-7-5-11-4-6-16-9-11;/h2-3,8,11,16H,4-7,9H2,1H3,(H,17,18);1H. The minimum Gasteiger partial charge on any atom is -0.352 e. The maximum atomic E-state index is 12.1. The number of carbonyl (C=O) groups is 1. The molecule has 2 N–H and O–H groups in total. The summed E-state index contributed by atoms with van der Waals surface area (Å²) in [7, 11) is 0. The lowest BCUT2D eigenvalue weighted by Gasteiger charge is -2.10. The third-order valence-electron chi connectivity index (χ3n) is 3.37. The van der Waals surface area contributed by atoms with E-state index in [1.807, 2.05) is 25.1 Å². The van der Waals surface area contributed by atoms with Crippen molar-refractivity contribution in [3.05, 3.63) is 32.9 Å². The molecule has 1 amide bonds. The summed E-state index contributed by atoms with van der Waals surface area (Å²) in [5.74, 6) is 0.774. The van der Waals surface area contributed by atoms with Crippen LogP contribution in [-0.4, -0.2) is 25.5 Å². The lowest BCUT2D eigenvalue weighted by molar-refractivity contribution is 0.0950. The molecule has 1 aliphatic heterocycles. The number of hydrogen-bond acceptors (Lipinski definition) is 2. The highest BCUT2D eigenvalue weighted by molar-refractivity contribution is 14.1. The van der Waals surface area contributed by atoms with Gasteiger partial charge in [0.15, 0.2) is 0 Å². The van der Waals surface area contributed by atoms with Gasteiger partial charge in [0.2, 0.25) is 0 Å². The highest BCUT2D eigenvalue weighted by atomic mass is 127. The van der Waals surface area contributed by atoms with E-state index in [9.17, 15) is 4.79 Å². The summed E-state index contributed by atoms with van der Waals surface area (Å²) in [6.07, 6.45) is 2.30. The minimum atomic E-state index is 0. The van der Waals surface area contributed by atoms with Crippen LogP contribution in [0.5, 0.6) is 0 Å². The van der Waals surface area contributed by atoms with Gasteiger partial charge in [0, 0.05) is 10.1 Å². The lowest BCUT2D eigenvalue weighted by atomic mass is 10.1. The third-order valence-corrected chi connectivity index (χ3v) is 4.31. The molecule has 5 heteroatoms. The van der Waals surface area contributed by atoms with Gasteiger partial charge in [0.05, 0.1) is 5.56 Å².